The highest BCUT2D eigenvalue weighted by atomic mass is 16.4. The minimum absolute atomic E-state index is 0.155. The summed E-state index contributed by atoms with van der Waals surface area (Å²) in [5.74, 6) is -0.137. The first-order valence-electron chi connectivity index (χ1n) is 6.36. The van der Waals surface area contributed by atoms with Crippen LogP contribution in [0.5, 0.6) is 0 Å². The predicted molar refractivity (Wildman–Crippen MR) is 67.7 cm³/mol. The summed E-state index contributed by atoms with van der Waals surface area (Å²) in [7, 11) is 0. The highest BCUT2D eigenvalue weighted by molar-refractivity contribution is 5.71. The van der Waals surface area contributed by atoms with E-state index in [2.05, 4.69) is 20.5 Å². The molecule has 2 heterocycles. The van der Waals surface area contributed by atoms with E-state index >= 15 is 0 Å². The molecule has 1 aliphatic rings. The Kier molecular flexibility index (Phi) is 3.02. The molecule has 0 aromatic carbocycles. The van der Waals surface area contributed by atoms with Crippen LogP contribution in [0.25, 0.3) is 5.65 Å². The lowest BCUT2D eigenvalue weighted by Crippen LogP contribution is -2.24. The third kappa shape index (κ3) is 2.23. The zero-order chi connectivity index (χ0) is 13.2. The van der Waals surface area contributed by atoms with Gasteiger partial charge < -0.3 is 10.4 Å². The van der Waals surface area contributed by atoms with Crippen molar-refractivity contribution < 1.29 is 9.90 Å². The zero-order valence-electron chi connectivity index (χ0n) is 10.4. The van der Waals surface area contributed by atoms with Gasteiger partial charge in [-0.05, 0) is 18.8 Å². The lowest BCUT2D eigenvalue weighted by Gasteiger charge is -2.16. The average molecular weight is 261 g/mol. The van der Waals surface area contributed by atoms with Crippen molar-refractivity contribution in [3.05, 3.63) is 18.7 Å². The summed E-state index contributed by atoms with van der Waals surface area (Å²) in [5.41, 5.74) is 0.660. The van der Waals surface area contributed by atoms with Crippen molar-refractivity contribution in [1.82, 2.24) is 19.6 Å². The molecule has 0 bridgehead atoms. The zero-order valence-corrected chi connectivity index (χ0v) is 10.4. The van der Waals surface area contributed by atoms with Crippen LogP contribution in [0.4, 0.5) is 5.82 Å². The summed E-state index contributed by atoms with van der Waals surface area (Å²) < 4.78 is 1.78. The molecular weight excluding hydrogens is 246 g/mol. The number of anilines is 1. The number of nitrogens with one attached hydrogen (secondary N) is 1. The highest BCUT2D eigenvalue weighted by Gasteiger charge is 2.32. The third-order valence-electron chi connectivity index (χ3n) is 3.72. The second-order valence-electron chi connectivity index (χ2n) is 4.85. The van der Waals surface area contributed by atoms with Gasteiger partial charge in [-0.2, -0.15) is 0 Å². The van der Waals surface area contributed by atoms with Gasteiger partial charge in [0, 0.05) is 18.9 Å². The Morgan fingerprint density at radius 1 is 1.53 bits per heavy atom. The number of hydrogen-bond acceptors (Lipinski definition) is 5. The Labute approximate surface area is 109 Å². The Morgan fingerprint density at radius 2 is 2.42 bits per heavy atom. The van der Waals surface area contributed by atoms with Crippen LogP contribution in [0.2, 0.25) is 0 Å². The van der Waals surface area contributed by atoms with Gasteiger partial charge in [-0.3, -0.25) is 9.20 Å². The van der Waals surface area contributed by atoms with Crippen LogP contribution in [0.3, 0.4) is 0 Å². The van der Waals surface area contributed by atoms with E-state index in [0.717, 1.165) is 19.3 Å². The van der Waals surface area contributed by atoms with E-state index in [1.165, 1.54) is 0 Å². The molecule has 7 nitrogen and oxygen atoms in total. The van der Waals surface area contributed by atoms with E-state index in [9.17, 15) is 4.79 Å². The van der Waals surface area contributed by atoms with Crippen LogP contribution in [0.1, 0.15) is 19.3 Å². The second-order valence-corrected chi connectivity index (χ2v) is 4.85. The summed E-state index contributed by atoms with van der Waals surface area (Å²) >= 11 is 0. The van der Waals surface area contributed by atoms with Crippen LogP contribution in [0, 0.1) is 11.8 Å². The molecule has 1 saturated carbocycles. The Bertz CT molecular complexity index is 597. The molecule has 0 radical (unpaired) electrons. The third-order valence-corrected chi connectivity index (χ3v) is 3.72. The number of rotatable bonds is 4. The minimum Gasteiger partial charge on any atom is -0.481 e. The monoisotopic (exact) mass is 261 g/mol. The fourth-order valence-electron chi connectivity index (χ4n) is 2.72. The van der Waals surface area contributed by atoms with Crippen molar-refractivity contribution in [1.29, 1.82) is 0 Å². The van der Waals surface area contributed by atoms with Crippen LogP contribution in [0.15, 0.2) is 18.7 Å². The van der Waals surface area contributed by atoms with Crippen LogP contribution >= 0.6 is 0 Å². The fourth-order valence-corrected chi connectivity index (χ4v) is 2.72. The smallest absolute Gasteiger partial charge is 0.306 e. The topological polar surface area (TPSA) is 92.4 Å². The van der Waals surface area contributed by atoms with Crippen LogP contribution < -0.4 is 5.32 Å². The Morgan fingerprint density at radius 3 is 3.26 bits per heavy atom. The molecule has 1 aliphatic carbocycles. The van der Waals surface area contributed by atoms with Crippen molar-refractivity contribution in [2.75, 3.05) is 11.9 Å². The van der Waals surface area contributed by atoms with Gasteiger partial charge in [-0.15, -0.1) is 10.2 Å². The molecule has 19 heavy (non-hydrogen) atoms. The molecule has 2 aromatic rings. The number of aromatic nitrogens is 4. The molecule has 0 aliphatic heterocycles. The molecule has 2 N–H and O–H groups in total. The van der Waals surface area contributed by atoms with E-state index in [1.54, 1.807) is 23.1 Å². The lowest BCUT2D eigenvalue weighted by molar-refractivity contribution is -0.142. The van der Waals surface area contributed by atoms with E-state index in [4.69, 9.17) is 5.11 Å². The van der Waals surface area contributed by atoms with Gasteiger partial charge in [0.25, 0.3) is 0 Å². The van der Waals surface area contributed by atoms with Crippen molar-refractivity contribution >= 4 is 17.4 Å². The number of aliphatic carboxylic acids is 1. The largest absolute Gasteiger partial charge is 0.481 e. The minimum atomic E-state index is -0.696. The van der Waals surface area contributed by atoms with Gasteiger partial charge in [0.15, 0.2) is 5.82 Å². The van der Waals surface area contributed by atoms with Crippen molar-refractivity contribution in [3.63, 3.8) is 0 Å². The second kappa shape index (κ2) is 4.83. The fraction of sp³-hybridized carbons (Fsp3) is 0.500. The quantitative estimate of drug-likeness (QED) is 0.854. The van der Waals surface area contributed by atoms with Crippen molar-refractivity contribution in [3.8, 4) is 0 Å². The molecule has 2 atom stereocenters. The molecular formula is C12H15N5O2. The highest BCUT2D eigenvalue weighted by Crippen LogP contribution is 2.32. The van der Waals surface area contributed by atoms with Gasteiger partial charge in [0.2, 0.25) is 5.65 Å². The normalized spacial score (nSPS) is 22.7. The van der Waals surface area contributed by atoms with Gasteiger partial charge in [-0.1, -0.05) is 6.42 Å². The maximum absolute atomic E-state index is 11.1. The Balaban J connectivity index is 1.72. The van der Waals surface area contributed by atoms with Gasteiger partial charge in [0.05, 0.1) is 5.92 Å². The average Bonchev–Trinajstić information content (AvgIpc) is 3.04. The molecule has 100 valence electrons. The number of nitrogens with zero attached hydrogens (tertiary/aromatic N) is 4. The number of carboxylic acid groups (broad SMARTS) is 1. The maximum Gasteiger partial charge on any atom is 0.306 e. The predicted octanol–water partition coefficient (Wildman–Crippen LogP) is 1.04. The SMILES string of the molecule is O=C(O)C1CCCC1CNc1nccn2cnnc12. The molecule has 0 amide bonds. The van der Waals surface area contributed by atoms with Crippen LogP contribution in [-0.4, -0.2) is 37.2 Å². The molecule has 7 heteroatoms. The maximum atomic E-state index is 11.1. The summed E-state index contributed by atoms with van der Waals surface area (Å²) in [6.45, 7) is 0.608. The molecule has 2 aromatic heterocycles. The standard InChI is InChI=1S/C12H15N5O2/c18-12(19)9-3-1-2-8(9)6-14-10-11-16-15-7-17(11)5-4-13-10/h4-5,7-9H,1-3,6H2,(H,13,14)(H,18,19). The molecule has 0 saturated heterocycles. The summed E-state index contributed by atoms with van der Waals surface area (Å²) in [6, 6.07) is 0. The lowest BCUT2D eigenvalue weighted by atomic mass is 9.96. The number of fused-ring (bicyclic) bond motifs is 1. The van der Waals surface area contributed by atoms with Gasteiger partial charge in [0.1, 0.15) is 6.33 Å². The molecule has 3 rings (SSSR count). The van der Waals surface area contributed by atoms with Crippen molar-refractivity contribution in [2.24, 2.45) is 11.8 Å². The summed E-state index contributed by atoms with van der Waals surface area (Å²) in [6.07, 6.45) is 7.74. The summed E-state index contributed by atoms with van der Waals surface area (Å²) in [5, 5.41) is 20.2. The first-order chi connectivity index (χ1) is 9.25. The van der Waals surface area contributed by atoms with Crippen molar-refractivity contribution in [2.45, 2.75) is 19.3 Å². The van der Waals surface area contributed by atoms with E-state index in [1.807, 2.05) is 0 Å². The number of carboxylic acids is 1. The van der Waals surface area contributed by atoms with Gasteiger partial charge in [-0.25, -0.2) is 4.98 Å². The first-order valence-corrected chi connectivity index (χ1v) is 6.36. The van der Waals surface area contributed by atoms with Gasteiger partial charge >= 0.3 is 5.97 Å². The molecule has 2 unspecified atom stereocenters. The van der Waals surface area contributed by atoms with E-state index in [-0.39, 0.29) is 11.8 Å². The Hall–Kier alpha value is -2.18. The number of carbonyl (C=O) groups is 1. The summed E-state index contributed by atoms with van der Waals surface area (Å²) in [4.78, 5) is 15.4. The van der Waals surface area contributed by atoms with E-state index in [0.29, 0.717) is 18.0 Å². The van der Waals surface area contributed by atoms with Crippen LogP contribution in [-0.2, 0) is 4.79 Å². The number of hydrogen-bond donors (Lipinski definition) is 2. The molecule has 1 fully saturated rings. The molecule has 0 spiro atoms. The van der Waals surface area contributed by atoms with E-state index < -0.39 is 5.97 Å². The first kappa shape index (κ1) is 11.9.